The number of aryl methyl sites for hydroxylation is 1. The van der Waals surface area contributed by atoms with E-state index in [4.69, 9.17) is 9.47 Å². The summed E-state index contributed by atoms with van der Waals surface area (Å²) in [4.78, 5) is 28.1. The molecule has 1 aliphatic heterocycles. The first-order valence-electron chi connectivity index (χ1n) is 8.57. The molecule has 0 fully saturated rings. The summed E-state index contributed by atoms with van der Waals surface area (Å²) >= 11 is 1.38. The highest BCUT2D eigenvalue weighted by Gasteiger charge is 2.40. The summed E-state index contributed by atoms with van der Waals surface area (Å²) in [5, 5.41) is 0. The molecule has 5 nitrogen and oxygen atoms in total. The Hall–Kier alpha value is -2.73. The Labute approximate surface area is 163 Å². The van der Waals surface area contributed by atoms with Crippen LogP contribution < -0.4 is 14.4 Å². The van der Waals surface area contributed by atoms with Gasteiger partial charge in [0.15, 0.2) is 11.5 Å². The zero-order chi connectivity index (χ0) is 19.6. The molecule has 0 N–H and O–H groups in total. The largest absolute Gasteiger partial charge is 0.493 e. The molecule has 6 heteroatoms. The molecule has 1 heterocycles. The van der Waals surface area contributed by atoms with E-state index in [1.54, 1.807) is 38.5 Å². The van der Waals surface area contributed by atoms with Gasteiger partial charge in [-0.05, 0) is 42.0 Å². The van der Waals surface area contributed by atoms with Gasteiger partial charge >= 0.3 is 0 Å². The highest BCUT2D eigenvalue weighted by atomic mass is 32.2. The lowest BCUT2D eigenvalue weighted by atomic mass is 10.1. The predicted octanol–water partition coefficient (Wildman–Crippen LogP) is 4.05. The predicted molar refractivity (Wildman–Crippen MR) is 108 cm³/mol. The summed E-state index contributed by atoms with van der Waals surface area (Å²) in [7, 11) is 3.10. The van der Waals surface area contributed by atoms with Gasteiger partial charge in [0.05, 0.1) is 30.4 Å². The number of carbonyl (C=O) groups excluding carboxylic acids is 2. The number of rotatable bonds is 6. The normalized spacial score (nSPS) is 14.1. The standard InChI is InChI=1S/C21H21NO4S/c1-5-27-19-18(14-10-11-16(25-3)17(12-14)26-4)20(23)22(21(19)24)15-9-7-6-8-13(15)2/h6-12H,5H2,1-4H3. The van der Waals surface area contributed by atoms with Crippen LogP contribution in [-0.2, 0) is 9.59 Å². The van der Waals surface area contributed by atoms with Gasteiger partial charge in [0.2, 0.25) is 0 Å². The summed E-state index contributed by atoms with van der Waals surface area (Å²) in [5.74, 6) is 1.16. The third-order valence-electron chi connectivity index (χ3n) is 4.36. The van der Waals surface area contributed by atoms with Crippen molar-refractivity contribution in [1.29, 1.82) is 0 Å². The molecule has 2 aromatic rings. The van der Waals surface area contributed by atoms with Crippen LogP contribution >= 0.6 is 11.8 Å². The lowest BCUT2D eigenvalue weighted by Gasteiger charge is -2.17. The van der Waals surface area contributed by atoms with E-state index in [-0.39, 0.29) is 11.8 Å². The fraction of sp³-hybridized carbons (Fsp3) is 0.238. The van der Waals surface area contributed by atoms with Crippen LogP contribution in [-0.4, -0.2) is 31.8 Å². The van der Waals surface area contributed by atoms with E-state index < -0.39 is 0 Å². The van der Waals surface area contributed by atoms with Crippen LogP contribution in [0.4, 0.5) is 5.69 Å². The first-order chi connectivity index (χ1) is 13.0. The minimum absolute atomic E-state index is 0.286. The van der Waals surface area contributed by atoms with Crippen molar-refractivity contribution in [3.05, 3.63) is 58.5 Å². The molecule has 2 amide bonds. The lowest BCUT2D eigenvalue weighted by molar-refractivity contribution is -0.119. The molecule has 0 saturated heterocycles. The van der Waals surface area contributed by atoms with E-state index in [1.165, 1.54) is 16.7 Å². The summed E-state index contributed by atoms with van der Waals surface area (Å²) in [5.41, 5.74) is 2.51. The second-order valence-electron chi connectivity index (χ2n) is 5.94. The fourth-order valence-corrected chi connectivity index (χ4v) is 3.92. The number of anilines is 1. The van der Waals surface area contributed by atoms with Crippen molar-refractivity contribution in [2.24, 2.45) is 0 Å². The van der Waals surface area contributed by atoms with Crippen LogP contribution in [0.2, 0.25) is 0 Å². The van der Waals surface area contributed by atoms with Gasteiger partial charge < -0.3 is 9.47 Å². The number of amides is 2. The van der Waals surface area contributed by atoms with Crippen LogP contribution in [0.5, 0.6) is 11.5 Å². The van der Waals surface area contributed by atoms with E-state index in [0.29, 0.717) is 39.0 Å². The highest BCUT2D eigenvalue weighted by molar-refractivity contribution is 8.04. The molecular formula is C21H21NO4S. The van der Waals surface area contributed by atoms with E-state index >= 15 is 0 Å². The quantitative estimate of drug-likeness (QED) is 0.705. The maximum Gasteiger partial charge on any atom is 0.272 e. The SMILES string of the molecule is CCSC1=C(c2ccc(OC)c(OC)c2)C(=O)N(c2ccccc2C)C1=O. The highest BCUT2D eigenvalue weighted by Crippen LogP contribution is 2.41. The van der Waals surface area contributed by atoms with Crippen LogP contribution in [0.25, 0.3) is 5.57 Å². The van der Waals surface area contributed by atoms with Gasteiger partial charge in [0, 0.05) is 0 Å². The van der Waals surface area contributed by atoms with E-state index in [2.05, 4.69) is 0 Å². The number of hydrogen-bond acceptors (Lipinski definition) is 5. The lowest BCUT2D eigenvalue weighted by Crippen LogP contribution is -2.31. The molecule has 0 spiro atoms. The molecule has 27 heavy (non-hydrogen) atoms. The van der Waals surface area contributed by atoms with Crippen molar-refractivity contribution in [3.8, 4) is 11.5 Å². The topological polar surface area (TPSA) is 55.8 Å². The van der Waals surface area contributed by atoms with Crippen LogP contribution in [0, 0.1) is 6.92 Å². The van der Waals surface area contributed by atoms with Gasteiger partial charge in [-0.2, -0.15) is 0 Å². The van der Waals surface area contributed by atoms with Crippen LogP contribution in [0.1, 0.15) is 18.1 Å². The average Bonchev–Trinajstić information content (AvgIpc) is 2.92. The number of para-hydroxylation sites is 1. The number of benzene rings is 2. The summed E-state index contributed by atoms with van der Waals surface area (Å²) in [6.45, 7) is 3.84. The van der Waals surface area contributed by atoms with Gasteiger partial charge in [-0.3, -0.25) is 9.59 Å². The van der Waals surface area contributed by atoms with E-state index in [0.717, 1.165) is 5.56 Å². The molecule has 0 radical (unpaired) electrons. The Balaban J connectivity index is 2.13. The second kappa shape index (κ2) is 7.88. The third kappa shape index (κ3) is 3.32. The zero-order valence-corrected chi connectivity index (χ0v) is 16.6. The number of imide groups is 1. The summed E-state index contributed by atoms with van der Waals surface area (Å²) < 4.78 is 10.6. The van der Waals surface area contributed by atoms with Crippen molar-refractivity contribution in [3.63, 3.8) is 0 Å². The number of thioether (sulfide) groups is 1. The summed E-state index contributed by atoms with van der Waals surface area (Å²) in [6, 6.07) is 12.6. The van der Waals surface area contributed by atoms with Crippen molar-refractivity contribution < 1.29 is 19.1 Å². The molecule has 3 rings (SSSR count). The van der Waals surface area contributed by atoms with Gasteiger partial charge in [-0.1, -0.05) is 31.2 Å². The molecule has 0 aromatic heterocycles. The van der Waals surface area contributed by atoms with E-state index in [1.807, 2.05) is 32.0 Å². The molecule has 0 saturated carbocycles. The number of nitrogens with zero attached hydrogens (tertiary/aromatic N) is 1. The first-order valence-corrected chi connectivity index (χ1v) is 9.55. The molecule has 0 atom stereocenters. The third-order valence-corrected chi connectivity index (χ3v) is 5.31. The molecule has 0 aliphatic carbocycles. The molecule has 0 unspecified atom stereocenters. The molecule has 0 bridgehead atoms. The Kier molecular flexibility index (Phi) is 5.56. The maximum atomic E-state index is 13.3. The Bertz CT molecular complexity index is 936. The Morgan fingerprint density at radius 3 is 2.30 bits per heavy atom. The Morgan fingerprint density at radius 2 is 1.67 bits per heavy atom. The molecular weight excluding hydrogens is 362 g/mol. The monoisotopic (exact) mass is 383 g/mol. The average molecular weight is 383 g/mol. The zero-order valence-electron chi connectivity index (χ0n) is 15.7. The first kappa shape index (κ1) is 19.0. The van der Waals surface area contributed by atoms with Gasteiger partial charge in [-0.15, -0.1) is 11.8 Å². The number of ether oxygens (including phenoxy) is 2. The fourth-order valence-electron chi connectivity index (χ4n) is 3.07. The van der Waals surface area contributed by atoms with Crippen molar-refractivity contribution in [1.82, 2.24) is 0 Å². The molecule has 2 aromatic carbocycles. The summed E-state index contributed by atoms with van der Waals surface area (Å²) in [6.07, 6.45) is 0. The van der Waals surface area contributed by atoms with E-state index in [9.17, 15) is 9.59 Å². The van der Waals surface area contributed by atoms with Gasteiger partial charge in [0.1, 0.15) is 0 Å². The maximum absolute atomic E-state index is 13.3. The smallest absolute Gasteiger partial charge is 0.272 e. The van der Waals surface area contributed by atoms with Crippen molar-refractivity contribution >= 4 is 34.8 Å². The Morgan fingerprint density at radius 1 is 0.963 bits per heavy atom. The molecule has 140 valence electrons. The minimum atomic E-state index is -0.322. The van der Waals surface area contributed by atoms with Crippen LogP contribution in [0.15, 0.2) is 47.4 Å². The number of hydrogen-bond donors (Lipinski definition) is 0. The second-order valence-corrected chi connectivity index (χ2v) is 7.21. The molecule has 1 aliphatic rings. The number of carbonyl (C=O) groups is 2. The van der Waals surface area contributed by atoms with Gasteiger partial charge in [0.25, 0.3) is 11.8 Å². The van der Waals surface area contributed by atoms with Gasteiger partial charge in [-0.25, -0.2) is 4.90 Å². The minimum Gasteiger partial charge on any atom is -0.493 e. The van der Waals surface area contributed by atoms with Crippen molar-refractivity contribution in [2.45, 2.75) is 13.8 Å². The van der Waals surface area contributed by atoms with Crippen LogP contribution in [0.3, 0.4) is 0 Å². The van der Waals surface area contributed by atoms with Crippen molar-refractivity contribution in [2.75, 3.05) is 24.9 Å². The number of methoxy groups -OCH3 is 2.